The second kappa shape index (κ2) is 6.77. The minimum absolute atomic E-state index is 0.151. The van der Waals surface area contributed by atoms with Gasteiger partial charge in [0.15, 0.2) is 0 Å². The summed E-state index contributed by atoms with van der Waals surface area (Å²) in [4.78, 5) is 3.93. The Morgan fingerprint density at radius 1 is 1.12 bits per heavy atom. The number of aromatic nitrogens is 3. The Kier molecular flexibility index (Phi) is 4.71. The zero-order valence-corrected chi connectivity index (χ0v) is 14.2. The van der Waals surface area contributed by atoms with Gasteiger partial charge in [-0.05, 0) is 34.9 Å². The smallest absolute Gasteiger partial charge is 0.137 e. The summed E-state index contributed by atoms with van der Waals surface area (Å²) in [7, 11) is 0. The molecule has 122 valence electrons. The first kappa shape index (κ1) is 16.7. The fraction of sp³-hybridized carbons (Fsp3) is 0.111. The van der Waals surface area contributed by atoms with Gasteiger partial charge in [-0.2, -0.15) is 5.10 Å². The molecule has 1 N–H and O–H groups in total. The van der Waals surface area contributed by atoms with E-state index in [1.165, 1.54) is 6.33 Å². The van der Waals surface area contributed by atoms with Gasteiger partial charge in [-0.15, -0.1) is 0 Å². The van der Waals surface area contributed by atoms with Crippen molar-refractivity contribution < 1.29 is 5.11 Å². The molecule has 0 bridgehead atoms. The van der Waals surface area contributed by atoms with Crippen LogP contribution in [0.15, 0.2) is 67.8 Å². The van der Waals surface area contributed by atoms with Crippen molar-refractivity contribution >= 4 is 28.8 Å². The van der Waals surface area contributed by atoms with Gasteiger partial charge in [0, 0.05) is 10.0 Å². The third-order valence-electron chi connectivity index (χ3n) is 3.88. The molecular weight excluding hydrogens is 345 g/mol. The molecule has 3 aromatic rings. The summed E-state index contributed by atoms with van der Waals surface area (Å²) in [5.41, 5.74) is 0.387. The fourth-order valence-electron chi connectivity index (χ4n) is 2.56. The first-order valence-corrected chi connectivity index (χ1v) is 8.01. The standard InChI is InChI=1S/C18H15Cl2N3O/c1-13(16-4-2-3-5-17(16)20)18(24,10-23-12-21-11-22-23)14-6-8-15(19)9-7-14/h2-9,11-12,24H,1,10H2. The molecule has 4 nitrogen and oxygen atoms in total. The third-order valence-corrected chi connectivity index (χ3v) is 4.46. The van der Waals surface area contributed by atoms with Crippen molar-refractivity contribution in [3.63, 3.8) is 0 Å². The third kappa shape index (κ3) is 3.22. The Labute approximate surface area is 150 Å². The molecule has 6 heteroatoms. The number of hydrogen-bond acceptors (Lipinski definition) is 3. The van der Waals surface area contributed by atoms with Gasteiger partial charge in [0.1, 0.15) is 18.3 Å². The predicted molar refractivity (Wildman–Crippen MR) is 95.9 cm³/mol. The highest BCUT2D eigenvalue weighted by atomic mass is 35.5. The van der Waals surface area contributed by atoms with E-state index in [-0.39, 0.29) is 6.54 Å². The molecule has 0 saturated carbocycles. The van der Waals surface area contributed by atoms with E-state index in [4.69, 9.17) is 23.2 Å². The number of hydrogen-bond donors (Lipinski definition) is 1. The highest BCUT2D eigenvalue weighted by Gasteiger charge is 2.35. The highest BCUT2D eigenvalue weighted by Crippen LogP contribution is 2.39. The van der Waals surface area contributed by atoms with Crippen molar-refractivity contribution in [3.8, 4) is 0 Å². The molecule has 3 rings (SSSR count). The van der Waals surface area contributed by atoms with Gasteiger partial charge in [-0.25, -0.2) is 9.67 Å². The zero-order valence-electron chi connectivity index (χ0n) is 12.7. The molecule has 0 aliphatic heterocycles. The van der Waals surface area contributed by atoms with Crippen LogP contribution in [-0.4, -0.2) is 19.9 Å². The maximum Gasteiger partial charge on any atom is 0.137 e. The molecule has 0 aliphatic carbocycles. The normalized spacial score (nSPS) is 13.5. The molecule has 0 aliphatic rings. The maximum atomic E-state index is 11.5. The molecule has 0 radical (unpaired) electrons. The van der Waals surface area contributed by atoms with Crippen LogP contribution < -0.4 is 0 Å². The van der Waals surface area contributed by atoms with E-state index >= 15 is 0 Å². The number of rotatable bonds is 5. The van der Waals surface area contributed by atoms with Crippen molar-refractivity contribution in [3.05, 3.63) is 88.9 Å². The lowest BCUT2D eigenvalue weighted by Crippen LogP contribution is -2.33. The van der Waals surface area contributed by atoms with Gasteiger partial charge >= 0.3 is 0 Å². The highest BCUT2D eigenvalue weighted by molar-refractivity contribution is 6.32. The summed E-state index contributed by atoms with van der Waals surface area (Å²) in [6.45, 7) is 4.26. The molecule has 0 spiro atoms. The Balaban J connectivity index is 2.09. The SMILES string of the molecule is C=C(c1ccccc1Cl)C(O)(Cn1cncn1)c1ccc(Cl)cc1. The van der Waals surface area contributed by atoms with Gasteiger partial charge in [-0.1, -0.05) is 60.1 Å². The van der Waals surface area contributed by atoms with Crippen molar-refractivity contribution in [2.24, 2.45) is 0 Å². The molecule has 2 aromatic carbocycles. The van der Waals surface area contributed by atoms with E-state index in [2.05, 4.69) is 16.7 Å². The summed E-state index contributed by atoms with van der Waals surface area (Å²) in [6, 6.07) is 14.3. The van der Waals surface area contributed by atoms with Crippen molar-refractivity contribution in [1.82, 2.24) is 14.8 Å². The van der Waals surface area contributed by atoms with Crippen LogP contribution in [0.3, 0.4) is 0 Å². The van der Waals surface area contributed by atoms with Crippen LogP contribution in [0.25, 0.3) is 5.57 Å². The van der Waals surface area contributed by atoms with Crippen LogP contribution in [0.4, 0.5) is 0 Å². The van der Waals surface area contributed by atoms with E-state index in [1.54, 1.807) is 41.3 Å². The van der Waals surface area contributed by atoms with Crippen molar-refractivity contribution in [2.45, 2.75) is 12.1 Å². The molecule has 1 heterocycles. The average Bonchev–Trinajstić information content (AvgIpc) is 3.08. The lowest BCUT2D eigenvalue weighted by molar-refractivity contribution is 0.0766. The fourth-order valence-corrected chi connectivity index (χ4v) is 2.94. The maximum absolute atomic E-state index is 11.5. The van der Waals surface area contributed by atoms with Crippen LogP contribution in [-0.2, 0) is 12.1 Å². The van der Waals surface area contributed by atoms with E-state index < -0.39 is 5.60 Å². The molecule has 1 aromatic heterocycles. The Bertz CT molecular complexity index is 847. The Morgan fingerprint density at radius 2 is 1.83 bits per heavy atom. The number of benzene rings is 2. The van der Waals surface area contributed by atoms with E-state index in [1.807, 2.05) is 18.2 Å². The van der Waals surface area contributed by atoms with E-state index in [0.717, 1.165) is 0 Å². The van der Waals surface area contributed by atoms with Gasteiger partial charge in [-0.3, -0.25) is 0 Å². The Morgan fingerprint density at radius 3 is 2.46 bits per heavy atom. The van der Waals surface area contributed by atoms with Crippen LogP contribution in [0.2, 0.25) is 10.0 Å². The van der Waals surface area contributed by atoms with Crippen LogP contribution in [0.5, 0.6) is 0 Å². The first-order chi connectivity index (χ1) is 11.5. The lowest BCUT2D eigenvalue weighted by Gasteiger charge is -2.31. The molecule has 1 unspecified atom stereocenters. The first-order valence-electron chi connectivity index (χ1n) is 7.26. The molecule has 0 fully saturated rings. The number of aliphatic hydroxyl groups is 1. The summed E-state index contributed by atoms with van der Waals surface area (Å²) < 4.78 is 1.55. The minimum Gasteiger partial charge on any atom is -0.378 e. The van der Waals surface area contributed by atoms with Gasteiger partial charge in [0.05, 0.1) is 6.54 Å². The molecule has 24 heavy (non-hydrogen) atoms. The Hall–Kier alpha value is -2.14. The van der Waals surface area contributed by atoms with Crippen molar-refractivity contribution in [1.29, 1.82) is 0 Å². The summed E-state index contributed by atoms with van der Waals surface area (Å²) in [6.07, 6.45) is 2.96. The lowest BCUT2D eigenvalue weighted by atomic mass is 9.83. The molecular formula is C18H15Cl2N3O. The number of nitrogens with zero attached hydrogens (tertiary/aromatic N) is 3. The van der Waals surface area contributed by atoms with Crippen LogP contribution in [0.1, 0.15) is 11.1 Å². The van der Waals surface area contributed by atoms with Crippen LogP contribution in [0, 0.1) is 0 Å². The average molecular weight is 360 g/mol. The second-order valence-corrected chi connectivity index (χ2v) is 6.26. The molecule has 1 atom stereocenters. The summed E-state index contributed by atoms with van der Waals surface area (Å²) in [5.74, 6) is 0. The molecule has 0 saturated heterocycles. The largest absolute Gasteiger partial charge is 0.378 e. The summed E-state index contributed by atoms with van der Waals surface area (Å²) in [5, 5.41) is 16.7. The van der Waals surface area contributed by atoms with Crippen molar-refractivity contribution in [2.75, 3.05) is 0 Å². The van der Waals surface area contributed by atoms with Gasteiger partial charge in [0.2, 0.25) is 0 Å². The predicted octanol–water partition coefficient (Wildman–Crippen LogP) is 4.19. The van der Waals surface area contributed by atoms with Gasteiger partial charge < -0.3 is 5.11 Å². The van der Waals surface area contributed by atoms with E-state index in [9.17, 15) is 5.11 Å². The number of halogens is 2. The van der Waals surface area contributed by atoms with Crippen LogP contribution >= 0.6 is 23.2 Å². The van der Waals surface area contributed by atoms with Gasteiger partial charge in [0.25, 0.3) is 0 Å². The zero-order chi connectivity index (χ0) is 17.2. The summed E-state index contributed by atoms with van der Waals surface area (Å²) >= 11 is 12.3. The van der Waals surface area contributed by atoms with E-state index in [0.29, 0.717) is 26.7 Å². The topological polar surface area (TPSA) is 50.9 Å². The monoisotopic (exact) mass is 359 g/mol. The molecule has 0 amide bonds. The minimum atomic E-state index is -1.41. The quantitative estimate of drug-likeness (QED) is 0.742. The second-order valence-electron chi connectivity index (χ2n) is 5.42.